The van der Waals surface area contributed by atoms with Crippen LogP contribution < -0.4 is 5.32 Å². The fourth-order valence-corrected chi connectivity index (χ4v) is 1.02. The highest BCUT2D eigenvalue weighted by Gasteiger charge is 2.11. The van der Waals surface area contributed by atoms with Crippen LogP contribution in [0.15, 0.2) is 23.3 Å². The van der Waals surface area contributed by atoms with E-state index < -0.39 is 0 Å². The van der Waals surface area contributed by atoms with Crippen LogP contribution in [0.2, 0.25) is 0 Å². The summed E-state index contributed by atoms with van der Waals surface area (Å²) in [5, 5.41) is 10.7. The molecule has 5 nitrogen and oxygen atoms in total. The Morgan fingerprint density at radius 1 is 1.50 bits per heavy atom. The second-order valence-electron chi connectivity index (χ2n) is 4.25. The molecule has 0 unspecified atom stereocenters. The van der Waals surface area contributed by atoms with Crippen LogP contribution in [-0.4, -0.2) is 28.4 Å². The quantitative estimate of drug-likeness (QED) is 0.614. The highest BCUT2D eigenvalue weighted by molar-refractivity contribution is 5.88. The third-order valence-corrected chi connectivity index (χ3v) is 1.53. The van der Waals surface area contributed by atoms with Gasteiger partial charge in [-0.05, 0) is 39.8 Å². The normalized spacial score (nSPS) is 12.4. The van der Waals surface area contributed by atoms with Crippen LogP contribution in [0.4, 0.5) is 5.82 Å². The molecule has 0 aromatic carbocycles. The molecule has 1 rings (SSSR count). The number of nitrogens with zero attached hydrogens (tertiary/aromatic N) is 3. The molecule has 0 amide bonds. The van der Waals surface area contributed by atoms with Crippen LogP contribution in [0.5, 0.6) is 0 Å². The van der Waals surface area contributed by atoms with E-state index in [0.717, 1.165) is 0 Å². The monoisotopic (exact) mass is 222 g/mol. The lowest BCUT2D eigenvalue weighted by Gasteiger charge is -2.16. The Balaban J connectivity index is 2.77. The average Bonchev–Trinajstić information content (AvgIpc) is 2.17. The predicted octanol–water partition coefficient (Wildman–Crippen LogP) is 2.08. The molecule has 5 heteroatoms. The van der Waals surface area contributed by atoms with Crippen molar-refractivity contribution in [2.75, 3.05) is 11.9 Å². The van der Waals surface area contributed by atoms with Crippen LogP contribution in [0.25, 0.3) is 0 Å². The Bertz CT molecular complexity index is 343. The van der Waals surface area contributed by atoms with Gasteiger partial charge >= 0.3 is 0 Å². The Kier molecular flexibility index (Phi) is 4.22. The van der Waals surface area contributed by atoms with E-state index in [4.69, 9.17) is 4.74 Å². The fourth-order valence-electron chi connectivity index (χ4n) is 1.02. The van der Waals surface area contributed by atoms with Crippen molar-refractivity contribution in [3.8, 4) is 0 Å². The van der Waals surface area contributed by atoms with E-state index in [1.54, 1.807) is 12.3 Å². The van der Waals surface area contributed by atoms with E-state index in [1.807, 2.05) is 33.8 Å². The number of aliphatic imine (C=N–C) groups is 1. The summed E-state index contributed by atoms with van der Waals surface area (Å²) in [7, 11) is 0. The molecule has 88 valence electrons. The van der Waals surface area contributed by atoms with Gasteiger partial charge in [-0.1, -0.05) is 0 Å². The minimum Gasteiger partial charge on any atom is -0.465 e. The number of amidine groups is 1. The van der Waals surface area contributed by atoms with Gasteiger partial charge in [0.1, 0.15) is 0 Å². The zero-order valence-corrected chi connectivity index (χ0v) is 10.2. The SMILES string of the molecule is CCOC(=NC(C)(C)C)Nc1cccnn1. The minimum atomic E-state index is -0.195. The Morgan fingerprint density at radius 2 is 2.25 bits per heavy atom. The first-order chi connectivity index (χ1) is 7.51. The average molecular weight is 222 g/mol. The molecule has 1 aromatic heterocycles. The summed E-state index contributed by atoms with van der Waals surface area (Å²) in [6.07, 6.45) is 1.62. The van der Waals surface area contributed by atoms with Gasteiger partial charge in [0.2, 0.25) is 0 Å². The van der Waals surface area contributed by atoms with Gasteiger partial charge in [0.15, 0.2) is 5.82 Å². The molecule has 0 aliphatic carbocycles. The molecule has 0 aliphatic rings. The number of hydrogen-bond donors (Lipinski definition) is 1. The van der Waals surface area contributed by atoms with Crippen LogP contribution in [0, 0.1) is 0 Å². The van der Waals surface area contributed by atoms with E-state index in [2.05, 4.69) is 20.5 Å². The van der Waals surface area contributed by atoms with Gasteiger partial charge in [-0.3, -0.25) is 5.32 Å². The van der Waals surface area contributed by atoms with Crippen molar-refractivity contribution in [3.05, 3.63) is 18.3 Å². The van der Waals surface area contributed by atoms with E-state index in [9.17, 15) is 0 Å². The van der Waals surface area contributed by atoms with Crippen LogP contribution in [0.3, 0.4) is 0 Å². The summed E-state index contributed by atoms with van der Waals surface area (Å²) in [6, 6.07) is 4.08. The van der Waals surface area contributed by atoms with Crippen molar-refractivity contribution in [3.63, 3.8) is 0 Å². The van der Waals surface area contributed by atoms with Gasteiger partial charge in [0.25, 0.3) is 6.02 Å². The van der Waals surface area contributed by atoms with Crippen molar-refractivity contribution in [2.24, 2.45) is 4.99 Å². The maximum Gasteiger partial charge on any atom is 0.290 e. The summed E-state index contributed by atoms with van der Waals surface area (Å²) in [4.78, 5) is 4.41. The summed E-state index contributed by atoms with van der Waals surface area (Å²) in [5.74, 6) is 0.624. The van der Waals surface area contributed by atoms with Crippen molar-refractivity contribution < 1.29 is 4.74 Å². The number of rotatable bonds is 2. The van der Waals surface area contributed by atoms with E-state index in [1.165, 1.54) is 0 Å². The number of anilines is 1. The molecular formula is C11H18N4O. The first-order valence-electron chi connectivity index (χ1n) is 5.28. The van der Waals surface area contributed by atoms with E-state index in [-0.39, 0.29) is 5.54 Å². The zero-order chi connectivity index (χ0) is 12.0. The molecule has 1 aromatic rings. The Morgan fingerprint density at radius 3 is 2.75 bits per heavy atom. The van der Waals surface area contributed by atoms with Gasteiger partial charge < -0.3 is 4.74 Å². The molecule has 0 saturated heterocycles. The molecular weight excluding hydrogens is 204 g/mol. The van der Waals surface area contributed by atoms with Gasteiger partial charge in [-0.25, -0.2) is 4.99 Å². The van der Waals surface area contributed by atoms with Crippen LogP contribution in [0.1, 0.15) is 27.7 Å². The third kappa shape index (κ3) is 4.72. The number of nitrogens with one attached hydrogen (secondary N) is 1. The Hall–Kier alpha value is -1.65. The number of aromatic nitrogens is 2. The molecule has 0 saturated carbocycles. The second-order valence-corrected chi connectivity index (χ2v) is 4.25. The zero-order valence-electron chi connectivity index (χ0n) is 10.2. The molecule has 0 bridgehead atoms. The molecule has 0 spiro atoms. The highest BCUT2D eigenvalue weighted by atomic mass is 16.5. The second kappa shape index (κ2) is 5.44. The lowest BCUT2D eigenvalue weighted by Crippen LogP contribution is -2.23. The predicted molar refractivity (Wildman–Crippen MR) is 64.5 cm³/mol. The van der Waals surface area contributed by atoms with E-state index >= 15 is 0 Å². The van der Waals surface area contributed by atoms with Crippen molar-refractivity contribution in [1.82, 2.24) is 10.2 Å². The van der Waals surface area contributed by atoms with Gasteiger partial charge in [0.05, 0.1) is 12.1 Å². The summed E-state index contributed by atoms with van der Waals surface area (Å²) in [5.41, 5.74) is -0.195. The maximum atomic E-state index is 5.39. The molecule has 0 aliphatic heterocycles. The van der Waals surface area contributed by atoms with Gasteiger partial charge in [-0.15, -0.1) is 5.10 Å². The molecule has 0 radical (unpaired) electrons. The first-order valence-corrected chi connectivity index (χ1v) is 5.28. The van der Waals surface area contributed by atoms with Crippen LogP contribution >= 0.6 is 0 Å². The van der Waals surface area contributed by atoms with Crippen molar-refractivity contribution in [2.45, 2.75) is 33.2 Å². The smallest absolute Gasteiger partial charge is 0.290 e. The van der Waals surface area contributed by atoms with Crippen molar-refractivity contribution >= 4 is 11.8 Å². The third-order valence-electron chi connectivity index (χ3n) is 1.53. The minimum absolute atomic E-state index is 0.195. The van der Waals surface area contributed by atoms with Gasteiger partial charge in [0, 0.05) is 6.20 Å². The van der Waals surface area contributed by atoms with Gasteiger partial charge in [-0.2, -0.15) is 5.10 Å². The molecule has 0 fully saturated rings. The van der Waals surface area contributed by atoms with E-state index in [0.29, 0.717) is 18.4 Å². The molecule has 16 heavy (non-hydrogen) atoms. The molecule has 1 N–H and O–H groups in total. The summed E-state index contributed by atoms with van der Waals surface area (Å²) < 4.78 is 5.39. The van der Waals surface area contributed by atoms with Crippen LogP contribution in [-0.2, 0) is 4.74 Å². The standard InChI is InChI=1S/C11H18N4O/c1-5-16-10(14-11(2,3)4)13-9-7-6-8-12-15-9/h6-8H,5H2,1-4H3,(H,13,14,15). The summed E-state index contributed by atoms with van der Waals surface area (Å²) in [6.45, 7) is 8.48. The lowest BCUT2D eigenvalue weighted by atomic mass is 10.1. The lowest BCUT2D eigenvalue weighted by molar-refractivity contribution is 0.319. The number of hydrogen-bond acceptors (Lipinski definition) is 4. The molecule has 0 atom stereocenters. The first kappa shape index (κ1) is 12.4. The fraction of sp³-hybridized carbons (Fsp3) is 0.545. The van der Waals surface area contributed by atoms with Crippen molar-refractivity contribution in [1.29, 1.82) is 0 Å². The topological polar surface area (TPSA) is 59.4 Å². The largest absolute Gasteiger partial charge is 0.465 e. The number of ether oxygens (including phenoxy) is 1. The molecule has 1 heterocycles. The summed E-state index contributed by atoms with van der Waals surface area (Å²) >= 11 is 0. The Labute approximate surface area is 96.0 Å². The highest BCUT2D eigenvalue weighted by Crippen LogP contribution is 2.08. The maximum absolute atomic E-state index is 5.39.